The first kappa shape index (κ1) is 19.8. The first-order valence-corrected chi connectivity index (χ1v) is 10.9. The minimum Gasteiger partial charge on any atom is -0.274 e. The highest BCUT2D eigenvalue weighted by atomic mass is 19.1. The molecule has 3 nitrogen and oxygen atoms in total. The van der Waals surface area contributed by atoms with Crippen LogP contribution in [-0.4, -0.2) is 11.8 Å². The summed E-state index contributed by atoms with van der Waals surface area (Å²) in [4.78, 5) is 27.6. The average molecular weight is 439 g/mol. The third-order valence-corrected chi connectivity index (χ3v) is 6.99. The molecule has 0 spiro atoms. The number of fused-ring (bicyclic) bond motifs is 5. The van der Waals surface area contributed by atoms with Crippen molar-refractivity contribution in [2.75, 3.05) is 4.90 Å². The van der Waals surface area contributed by atoms with E-state index in [0.717, 1.165) is 39.3 Å². The Bertz CT molecular complexity index is 1250. The number of allylic oxidation sites excluding steroid dienone is 3. The summed E-state index contributed by atoms with van der Waals surface area (Å²) in [6.07, 6.45) is 3.94. The molecule has 3 aromatic carbocycles. The van der Waals surface area contributed by atoms with E-state index < -0.39 is 41.0 Å². The third kappa shape index (κ3) is 2.78. The molecule has 1 saturated carbocycles. The molecule has 0 aromatic heterocycles. The standard InChI is InChI=1S/C28H19F2NO2/c29-20-12-7-13-21(30)26(20)31-27(32)24-18-14-15-19(25(24)28(31)33)23(18)22(16-8-3-1-4-9-16)17-10-5-2-6-11-17/h1-15,18-19,24-25H/t18-,19+,24-,25-/m1/s1. The van der Waals surface area contributed by atoms with Gasteiger partial charge in [-0.05, 0) is 34.4 Å². The zero-order valence-corrected chi connectivity index (χ0v) is 17.5. The lowest BCUT2D eigenvalue weighted by atomic mass is 9.85. The molecule has 2 fully saturated rings. The van der Waals surface area contributed by atoms with Crippen LogP contribution >= 0.6 is 0 Å². The van der Waals surface area contributed by atoms with E-state index in [1.807, 2.05) is 72.8 Å². The number of rotatable bonds is 3. The molecular weight excluding hydrogens is 420 g/mol. The molecule has 2 bridgehead atoms. The molecule has 6 rings (SSSR count). The fraction of sp³-hybridized carbons (Fsp3) is 0.143. The highest BCUT2D eigenvalue weighted by Crippen LogP contribution is 2.59. The van der Waals surface area contributed by atoms with Gasteiger partial charge in [-0.25, -0.2) is 13.7 Å². The van der Waals surface area contributed by atoms with Gasteiger partial charge in [0.15, 0.2) is 0 Å². The molecule has 5 heteroatoms. The molecule has 4 atom stereocenters. The van der Waals surface area contributed by atoms with Gasteiger partial charge in [-0.1, -0.05) is 78.9 Å². The predicted molar refractivity (Wildman–Crippen MR) is 121 cm³/mol. The Kier molecular flexibility index (Phi) is 4.40. The number of carbonyl (C=O) groups excluding carboxylic acids is 2. The van der Waals surface area contributed by atoms with Crippen LogP contribution in [0.3, 0.4) is 0 Å². The first-order valence-electron chi connectivity index (χ1n) is 10.9. The van der Waals surface area contributed by atoms with E-state index in [4.69, 9.17) is 0 Å². The summed E-state index contributed by atoms with van der Waals surface area (Å²) in [6.45, 7) is 0. The van der Waals surface area contributed by atoms with Crippen LogP contribution in [0.15, 0.2) is 96.6 Å². The molecule has 2 aliphatic carbocycles. The number of anilines is 1. The largest absolute Gasteiger partial charge is 0.274 e. The summed E-state index contributed by atoms with van der Waals surface area (Å²) in [5, 5.41) is 0. The predicted octanol–water partition coefficient (Wildman–Crippen LogP) is 5.39. The van der Waals surface area contributed by atoms with E-state index in [0.29, 0.717) is 0 Å². The number of para-hydroxylation sites is 1. The van der Waals surface area contributed by atoms with E-state index >= 15 is 0 Å². The second-order valence-corrected chi connectivity index (χ2v) is 8.63. The number of imide groups is 1. The molecule has 1 saturated heterocycles. The Morgan fingerprint density at radius 2 is 1.09 bits per heavy atom. The van der Waals surface area contributed by atoms with Gasteiger partial charge in [0, 0.05) is 11.8 Å². The Hall–Kier alpha value is -3.86. The maximum absolute atomic E-state index is 14.5. The van der Waals surface area contributed by atoms with Crippen molar-refractivity contribution < 1.29 is 18.4 Å². The van der Waals surface area contributed by atoms with E-state index in [1.165, 1.54) is 6.07 Å². The first-order chi connectivity index (χ1) is 16.1. The summed E-state index contributed by atoms with van der Waals surface area (Å²) in [7, 11) is 0. The van der Waals surface area contributed by atoms with Gasteiger partial charge < -0.3 is 0 Å². The molecule has 3 aliphatic rings. The van der Waals surface area contributed by atoms with Gasteiger partial charge in [0.2, 0.25) is 11.8 Å². The van der Waals surface area contributed by atoms with Crippen molar-refractivity contribution in [1.29, 1.82) is 0 Å². The fourth-order valence-corrected chi connectivity index (χ4v) is 5.73. The Morgan fingerprint density at radius 1 is 0.636 bits per heavy atom. The fourth-order valence-electron chi connectivity index (χ4n) is 5.73. The average Bonchev–Trinajstić information content (AvgIpc) is 3.46. The Morgan fingerprint density at radius 3 is 1.55 bits per heavy atom. The smallest absolute Gasteiger partial charge is 0.238 e. The van der Waals surface area contributed by atoms with Gasteiger partial charge >= 0.3 is 0 Å². The summed E-state index contributed by atoms with van der Waals surface area (Å²) in [5.41, 5.74) is 3.48. The Balaban J connectivity index is 1.50. The summed E-state index contributed by atoms with van der Waals surface area (Å²) in [6, 6.07) is 23.2. The highest BCUT2D eigenvalue weighted by molar-refractivity contribution is 6.23. The number of hydrogen-bond donors (Lipinski definition) is 0. The second kappa shape index (κ2) is 7.34. The van der Waals surface area contributed by atoms with Crippen molar-refractivity contribution in [3.8, 4) is 0 Å². The number of nitrogens with zero attached hydrogens (tertiary/aromatic N) is 1. The normalized spacial score (nSPS) is 25.2. The van der Waals surface area contributed by atoms with Crippen LogP contribution in [0, 0.1) is 35.3 Å². The molecule has 162 valence electrons. The zero-order valence-electron chi connectivity index (χ0n) is 17.5. The lowest BCUT2D eigenvalue weighted by Gasteiger charge is -2.22. The molecule has 33 heavy (non-hydrogen) atoms. The summed E-state index contributed by atoms with van der Waals surface area (Å²) >= 11 is 0. The van der Waals surface area contributed by atoms with Gasteiger partial charge in [-0.3, -0.25) is 9.59 Å². The topological polar surface area (TPSA) is 37.4 Å². The number of halogens is 2. The number of carbonyl (C=O) groups is 2. The van der Waals surface area contributed by atoms with Crippen LogP contribution in [0.5, 0.6) is 0 Å². The zero-order chi connectivity index (χ0) is 22.7. The van der Waals surface area contributed by atoms with E-state index in [1.54, 1.807) is 0 Å². The molecule has 1 aliphatic heterocycles. The SMILES string of the molecule is O=C1[C@H]2[C@H](C(=O)N1c1c(F)cccc1F)[C@H]1C=C[C@@H]2C1=C(c1ccccc1)c1ccccc1. The molecule has 0 radical (unpaired) electrons. The molecule has 3 aromatic rings. The molecule has 0 N–H and O–H groups in total. The minimum atomic E-state index is -0.915. The van der Waals surface area contributed by atoms with E-state index in [-0.39, 0.29) is 11.8 Å². The maximum Gasteiger partial charge on any atom is 0.238 e. The monoisotopic (exact) mass is 439 g/mol. The second-order valence-electron chi connectivity index (χ2n) is 8.63. The van der Waals surface area contributed by atoms with Gasteiger partial charge in [0.1, 0.15) is 17.3 Å². The lowest BCUT2D eigenvalue weighted by Crippen LogP contribution is -2.34. The van der Waals surface area contributed by atoms with Crippen molar-refractivity contribution in [1.82, 2.24) is 0 Å². The highest BCUT2D eigenvalue weighted by Gasteiger charge is 2.63. The third-order valence-electron chi connectivity index (χ3n) is 6.99. The maximum atomic E-state index is 14.5. The lowest BCUT2D eigenvalue weighted by molar-refractivity contribution is -0.123. The van der Waals surface area contributed by atoms with Crippen molar-refractivity contribution in [2.45, 2.75) is 0 Å². The van der Waals surface area contributed by atoms with E-state index in [2.05, 4.69) is 0 Å². The van der Waals surface area contributed by atoms with E-state index in [9.17, 15) is 18.4 Å². The van der Waals surface area contributed by atoms with Crippen LogP contribution in [0.25, 0.3) is 5.57 Å². The quantitative estimate of drug-likeness (QED) is 0.406. The number of benzene rings is 3. The number of amides is 2. The van der Waals surface area contributed by atoms with Gasteiger partial charge in [0.25, 0.3) is 0 Å². The molecular formula is C28H19F2NO2. The van der Waals surface area contributed by atoms with Crippen molar-refractivity contribution in [3.63, 3.8) is 0 Å². The van der Waals surface area contributed by atoms with Crippen LogP contribution in [0.1, 0.15) is 11.1 Å². The molecule has 2 amide bonds. The van der Waals surface area contributed by atoms with Gasteiger partial charge in [0.05, 0.1) is 11.8 Å². The van der Waals surface area contributed by atoms with Crippen molar-refractivity contribution in [2.24, 2.45) is 23.7 Å². The Labute approximate surface area is 189 Å². The van der Waals surface area contributed by atoms with Crippen LogP contribution in [-0.2, 0) is 9.59 Å². The van der Waals surface area contributed by atoms with Gasteiger partial charge in [-0.15, -0.1) is 0 Å². The van der Waals surface area contributed by atoms with Crippen LogP contribution < -0.4 is 4.90 Å². The van der Waals surface area contributed by atoms with Crippen LogP contribution in [0.4, 0.5) is 14.5 Å². The molecule has 0 unspecified atom stereocenters. The summed E-state index contributed by atoms with van der Waals surface area (Å²) in [5.74, 6) is -4.83. The number of hydrogen-bond acceptors (Lipinski definition) is 2. The minimum absolute atomic E-state index is 0.299. The molecule has 1 heterocycles. The van der Waals surface area contributed by atoms with Crippen molar-refractivity contribution in [3.05, 3.63) is 119 Å². The van der Waals surface area contributed by atoms with Crippen LogP contribution in [0.2, 0.25) is 0 Å². The summed E-state index contributed by atoms with van der Waals surface area (Å²) < 4.78 is 28.9. The van der Waals surface area contributed by atoms with Gasteiger partial charge in [-0.2, -0.15) is 0 Å². The van der Waals surface area contributed by atoms with Crippen molar-refractivity contribution >= 4 is 23.1 Å².